The summed E-state index contributed by atoms with van der Waals surface area (Å²) in [5, 5.41) is 3.71. The zero-order chi connectivity index (χ0) is 13.7. The predicted octanol–water partition coefficient (Wildman–Crippen LogP) is 4.34. The Balaban J connectivity index is 2.04. The van der Waals surface area contributed by atoms with Gasteiger partial charge in [-0.15, -0.1) is 0 Å². The van der Waals surface area contributed by atoms with Crippen molar-refractivity contribution < 1.29 is 0 Å². The van der Waals surface area contributed by atoms with Crippen molar-refractivity contribution in [3.05, 3.63) is 35.4 Å². The topological polar surface area (TPSA) is 12.0 Å². The van der Waals surface area contributed by atoms with Crippen LogP contribution in [0.25, 0.3) is 0 Å². The van der Waals surface area contributed by atoms with Crippen molar-refractivity contribution in [2.45, 2.75) is 58.9 Å². The van der Waals surface area contributed by atoms with Crippen molar-refractivity contribution in [2.75, 3.05) is 6.54 Å². The molecule has 1 aromatic carbocycles. The van der Waals surface area contributed by atoms with Gasteiger partial charge in [-0.05, 0) is 56.6 Å². The number of rotatable bonds is 5. The molecule has 1 aromatic rings. The molecule has 0 radical (unpaired) electrons. The van der Waals surface area contributed by atoms with Gasteiger partial charge in [0, 0.05) is 6.04 Å². The molecule has 1 N–H and O–H groups in total. The monoisotopic (exact) mass is 259 g/mol. The second kappa shape index (κ2) is 7.09. The molecule has 0 amide bonds. The molecule has 0 aromatic heterocycles. The minimum Gasteiger partial charge on any atom is -0.314 e. The first-order chi connectivity index (χ1) is 9.22. The number of hydrogen-bond acceptors (Lipinski definition) is 1. The Morgan fingerprint density at radius 3 is 2.74 bits per heavy atom. The van der Waals surface area contributed by atoms with E-state index in [1.54, 1.807) is 0 Å². The first-order valence-electron chi connectivity index (χ1n) is 8.01. The highest BCUT2D eigenvalue weighted by Crippen LogP contribution is 2.33. The lowest BCUT2D eigenvalue weighted by Crippen LogP contribution is -2.41. The maximum Gasteiger partial charge on any atom is 0.00985 e. The van der Waals surface area contributed by atoms with Crippen molar-refractivity contribution in [3.8, 4) is 0 Å². The van der Waals surface area contributed by atoms with Gasteiger partial charge in [0.05, 0.1) is 0 Å². The van der Waals surface area contributed by atoms with Crippen molar-refractivity contribution in [1.29, 1.82) is 0 Å². The summed E-state index contributed by atoms with van der Waals surface area (Å²) in [6.45, 7) is 7.88. The standard InChI is InChI=1S/C18H29N/c1-4-15-9-10-18(19-5-2)17(12-15)13-16-8-6-7-14(3)11-16/h6-8,11,15,17-19H,4-5,9-10,12-13H2,1-3H3. The minimum absolute atomic E-state index is 0.730. The molecular weight excluding hydrogens is 230 g/mol. The molecule has 0 bridgehead atoms. The molecule has 19 heavy (non-hydrogen) atoms. The Morgan fingerprint density at radius 2 is 2.05 bits per heavy atom. The van der Waals surface area contributed by atoms with E-state index in [0.717, 1.165) is 24.4 Å². The van der Waals surface area contributed by atoms with E-state index in [-0.39, 0.29) is 0 Å². The predicted molar refractivity (Wildman–Crippen MR) is 83.5 cm³/mol. The third-order valence-corrected chi connectivity index (χ3v) is 4.72. The van der Waals surface area contributed by atoms with Gasteiger partial charge in [0.15, 0.2) is 0 Å². The smallest absolute Gasteiger partial charge is 0.00985 e. The van der Waals surface area contributed by atoms with Gasteiger partial charge in [0.1, 0.15) is 0 Å². The molecule has 1 nitrogen and oxygen atoms in total. The molecule has 2 rings (SSSR count). The van der Waals surface area contributed by atoms with Crippen LogP contribution in [-0.2, 0) is 6.42 Å². The molecule has 0 heterocycles. The van der Waals surface area contributed by atoms with Crippen LogP contribution in [0.5, 0.6) is 0 Å². The Morgan fingerprint density at radius 1 is 1.21 bits per heavy atom. The summed E-state index contributed by atoms with van der Waals surface area (Å²) in [7, 11) is 0. The van der Waals surface area contributed by atoms with E-state index in [9.17, 15) is 0 Å². The van der Waals surface area contributed by atoms with Gasteiger partial charge in [-0.2, -0.15) is 0 Å². The summed E-state index contributed by atoms with van der Waals surface area (Å²) in [4.78, 5) is 0. The molecule has 1 heteroatoms. The Bertz CT molecular complexity index is 385. The summed E-state index contributed by atoms with van der Waals surface area (Å²) >= 11 is 0. The SMILES string of the molecule is CCNC1CCC(CC)CC1Cc1cccc(C)c1. The molecule has 0 aliphatic heterocycles. The van der Waals surface area contributed by atoms with Crippen LogP contribution in [0.15, 0.2) is 24.3 Å². The highest BCUT2D eigenvalue weighted by Gasteiger charge is 2.29. The molecule has 0 spiro atoms. The van der Waals surface area contributed by atoms with Crippen LogP contribution in [-0.4, -0.2) is 12.6 Å². The largest absolute Gasteiger partial charge is 0.314 e. The van der Waals surface area contributed by atoms with Crippen molar-refractivity contribution in [3.63, 3.8) is 0 Å². The van der Waals surface area contributed by atoms with Crippen molar-refractivity contribution >= 4 is 0 Å². The van der Waals surface area contributed by atoms with Crippen LogP contribution in [0.3, 0.4) is 0 Å². The summed E-state index contributed by atoms with van der Waals surface area (Å²) < 4.78 is 0. The average molecular weight is 259 g/mol. The van der Waals surface area contributed by atoms with Gasteiger partial charge in [-0.25, -0.2) is 0 Å². The maximum absolute atomic E-state index is 3.71. The summed E-state index contributed by atoms with van der Waals surface area (Å²) in [5.41, 5.74) is 2.91. The summed E-state index contributed by atoms with van der Waals surface area (Å²) in [5.74, 6) is 1.77. The van der Waals surface area contributed by atoms with Crippen LogP contribution < -0.4 is 5.32 Å². The highest BCUT2D eigenvalue weighted by molar-refractivity contribution is 5.23. The highest BCUT2D eigenvalue weighted by atomic mass is 14.9. The van der Waals surface area contributed by atoms with Gasteiger partial charge in [-0.3, -0.25) is 0 Å². The lowest BCUT2D eigenvalue weighted by Gasteiger charge is -2.36. The third-order valence-electron chi connectivity index (χ3n) is 4.72. The normalized spacial score (nSPS) is 27.4. The Labute approximate surface area is 118 Å². The Kier molecular flexibility index (Phi) is 5.45. The number of nitrogens with one attached hydrogen (secondary N) is 1. The van der Waals surface area contributed by atoms with E-state index >= 15 is 0 Å². The molecule has 0 saturated heterocycles. The van der Waals surface area contributed by atoms with E-state index < -0.39 is 0 Å². The first-order valence-corrected chi connectivity index (χ1v) is 8.01. The molecule has 1 saturated carbocycles. The molecular formula is C18H29N. The molecule has 3 unspecified atom stereocenters. The van der Waals surface area contributed by atoms with E-state index in [1.807, 2.05) is 0 Å². The van der Waals surface area contributed by atoms with E-state index in [4.69, 9.17) is 0 Å². The van der Waals surface area contributed by atoms with Crippen molar-refractivity contribution in [1.82, 2.24) is 5.32 Å². The quantitative estimate of drug-likeness (QED) is 0.829. The lowest BCUT2D eigenvalue weighted by molar-refractivity contribution is 0.200. The van der Waals surface area contributed by atoms with E-state index in [1.165, 1.54) is 43.2 Å². The minimum atomic E-state index is 0.730. The maximum atomic E-state index is 3.71. The average Bonchev–Trinajstić information content (AvgIpc) is 2.41. The van der Waals surface area contributed by atoms with E-state index in [0.29, 0.717) is 0 Å². The number of benzene rings is 1. The fourth-order valence-corrected chi connectivity index (χ4v) is 3.63. The second-order valence-electron chi connectivity index (χ2n) is 6.20. The molecule has 1 aliphatic rings. The van der Waals surface area contributed by atoms with Gasteiger partial charge in [-0.1, -0.05) is 50.1 Å². The van der Waals surface area contributed by atoms with Crippen LogP contribution in [0.4, 0.5) is 0 Å². The Hall–Kier alpha value is -0.820. The van der Waals surface area contributed by atoms with Crippen molar-refractivity contribution in [2.24, 2.45) is 11.8 Å². The molecule has 3 atom stereocenters. The van der Waals surface area contributed by atoms with E-state index in [2.05, 4.69) is 50.4 Å². The first kappa shape index (κ1) is 14.6. The van der Waals surface area contributed by atoms with Crippen LogP contribution in [0.1, 0.15) is 50.7 Å². The fourth-order valence-electron chi connectivity index (χ4n) is 3.63. The lowest BCUT2D eigenvalue weighted by atomic mass is 9.74. The number of hydrogen-bond donors (Lipinski definition) is 1. The molecule has 1 fully saturated rings. The zero-order valence-electron chi connectivity index (χ0n) is 12.8. The summed E-state index contributed by atoms with van der Waals surface area (Å²) in [6, 6.07) is 9.78. The molecule has 1 aliphatic carbocycles. The second-order valence-corrected chi connectivity index (χ2v) is 6.20. The van der Waals surface area contributed by atoms with Gasteiger partial charge in [0.2, 0.25) is 0 Å². The van der Waals surface area contributed by atoms with Gasteiger partial charge >= 0.3 is 0 Å². The van der Waals surface area contributed by atoms with Crippen LogP contribution in [0.2, 0.25) is 0 Å². The number of aryl methyl sites for hydroxylation is 1. The fraction of sp³-hybridized carbons (Fsp3) is 0.667. The summed E-state index contributed by atoms with van der Waals surface area (Å²) in [6.07, 6.45) is 6.78. The van der Waals surface area contributed by atoms with Crippen LogP contribution >= 0.6 is 0 Å². The molecule has 106 valence electrons. The third kappa shape index (κ3) is 4.07. The zero-order valence-corrected chi connectivity index (χ0v) is 12.8. The van der Waals surface area contributed by atoms with Gasteiger partial charge in [0.25, 0.3) is 0 Å². The van der Waals surface area contributed by atoms with Crippen LogP contribution in [0, 0.1) is 18.8 Å². The van der Waals surface area contributed by atoms with Gasteiger partial charge < -0.3 is 5.32 Å².